The van der Waals surface area contributed by atoms with Gasteiger partial charge in [0.1, 0.15) is 12.4 Å². The van der Waals surface area contributed by atoms with Crippen molar-refractivity contribution in [1.29, 1.82) is 0 Å². The molecule has 3 amide bonds. The number of nitrogens with one attached hydrogen (secondary N) is 1. The summed E-state index contributed by atoms with van der Waals surface area (Å²) in [7, 11) is 0. The molecule has 0 bridgehead atoms. The maximum Gasteiger partial charge on any atom is 0.416 e. The SMILES string of the molecule is O=C(CN1C(=O)SC(=Cc2ccc(F)cc2)C1=O)Nc1cc(C(F)(F)F)ccc1Cl. The van der Waals surface area contributed by atoms with E-state index in [1.807, 2.05) is 0 Å². The third-order valence-corrected chi connectivity index (χ3v) is 5.15. The van der Waals surface area contributed by atoms with Crippen molar-refractivity contribution in [1.82, 2.24) is 4.90 Å². The van der Waals surface area contributed by atoms with Gasteiger partial charge in [-0.1, -0.05) is 23.7 Å². The van der Waals surface area contributed by atoms with Crippen LogP contribution in [0.15, 0.2) is 47.4 Å². The Bertz CT molecular complexity index is 1050. The molecule has 0 saturated carbocycles. The minimum atomic E-state index is -4.64. The zero-order valence-corrected chi connectivity index (χ0v) is 16.4. The smallest absolute Gasteiger partial charge is 0.323 e. The van der Waals surface area contributed by atoms with Crippen LogP contribution in [0, 0.1) is 5.82 Å². The molecule has 156 valence electrons. The third-order valence-electron chi connectivity index (χ3n) is 3.91. The van der Waals surface area contributed by atoms with E-state index in [0.717, 1.165) is 12.1 Å². The van der Waals surface area contributed by atoms with Crippen LogP contribution in [0.5, 0.6) is 0 Å². The van der Waals surface area contributed by atoms with Crippen molar-refractivity contribution in [3.63, 3.8) is 0 Å². The Morgan fingerprint density at radius 2 is 1.80 bits per heavy atom. The van der Waals surface area contributed by atoms with E-state index in [1.165, 1.54) is 30.3 Å². The molecule has 2 aromatic rings. The third kappa shape index (κ3) is 5.00. The van der Waals surface area contributed by atoms with Gasteiger partial charge in [-0.3, -0.25) is 19.3 Å². The van der Waals surface area contributed by atoms with Crippen LogP contribution in [-0.4, -0.2) is 28.5 Å². The van der Waals surface area contributed by atoms with Gasteiger partial charge in [-0.2, -0.15) is 13.2 Å². The molecule has 0 atom stereocenters. The number of nitrogens with zero attached hydrogens (tertiary/aromatic N) is 1. The zero-order valence-electron chi connectivity index (χ0n) is 14.8. The number of carbonyl (C=O) groups is 3. The van der Waals surface area contributed by atoms with Crippen LogP contribution in [0.2, 0.25) is 5.02 Å². The number of imide groups is 1. The molecule has 0 spiro atoms. The molecule has 0 aromatic heterocycles. The number of benzene rings is 2. The van der Waals surface area contributed by atoms with Gasteiger partial charge in [0.15, 0.2) is 0 Å². The van der Waals surface area contributed by atoms with Crippen molar-refractivity contribution in [2.45, 2.75) is 6.18 Å². The molecule has 0 aliphatic carbocycles. The highest BCUT2D eigenvalue weighted by Gasteiger charge is 2.36. The molecule has 11 heteroatoms. The first-order valence-corrected chi connectivity index (χ1v) is 9.41. The maximum atomic E-state index is 13.0. The highest BCUT2D eigenvalue weighted by Crippen LogP contribution is 2.34. The average Bonchev–Trinajstić information content (AvgIpc) is 2.92. The predicted molar refractivity (Wildman–Crippen MR) is 104 cm³/mol. The summed E-state index contributed by atoms with van der Waals surface area (Å²) in [5, 5.41) is 1.31. The Balaban J connectivity index is 1.72. The molecule has 1 fully saturated rings. The molecule has 1 N–H and O–H groups in total. The number of anilines is 1. The molecule has 30 heavy (non-hydrogen) atoms. The van der Waals surface area contributed by atoms with Crippen LogP contribution in [0.3, 0.4) is 0 Å². The molecule has 1 aliphatic rings. The summed E-state index contributed by atoms with van der Waals surface area (Å²) < 4.78 is 51.5. The van der Waals surface area contributed by atoms with Gasteiger partial charge < -0.3 is 5.32 Å². The Morgan fingerprint density at radius 1 is 1.13 bits per heavy atom. The standard InChI is InChI=1S/C19H11ClF4N2O3S/c20-13-6-3-11(19(22,23)24)8-14(13)25-16(27)9-26-17(28)15(30-18(26)29)7-10-1-4-12(21)5-2-10/h1-8H,9H2,(H,25,27). The van der Waals surface area contributed by atoms with Crippen molar-refractivity contribution in [3.05, 3.63) is 69.3 Å². The summed E-state index contributed by atoms with van der Waals surface area (Å²) in [6.45, 7) is -0.710. The van der Waals surface area contributed by atoms with Gasteiger partial charge >= 0.3 is 6.18 Å². The minimum absolute atomic E-state index is 0.0245. The fraction of sp³-hybridized carbons (Fsp3) is 0.105. The van der Waals surface area contributed by atoms with Crippen molar-refractivity contribution in [2.75, 3.05) is 11.9 Å². The van der Waals surface area contributed by atoms with E-state index in [9.17, 15) is 31.9 Å². The first-order valence-electron chi connectivity index (χ1n) is 8.22. The Hall–Kier alpha value is -2.85. The topological polar surface area (TPSA) is 66.5 Å². The monoisotopic (exact) mass is 458 g/mol. The molecule has 2 aromatic carbocycles. The molecule has 1 saturated heterocycles. The average molecular weight is 459 g/mol. The van der Waals surface area contributed by atoms with Crippen molar-refractivity contribution in [3.8, 4) is 0 Å². The molecule has 5 nitrogen and oxygen atoms in total. The van der Waals surface area contributed by atoms with Crippen molar-refractivity contribution < 1.29 is 31.9 Å². The van der Waals surface area contributed by atoms with Gasteiger partial charge in [0.05, 0.1) is 21.2 Å². The summed E-state index contributed by atoms with van der Waals surface area (Å²) in [5.74, 6) is -2.12. The van der Waals surface area contributed by atoms with Gasteiger partial charge in [0, 0.05) is 0 Å². The number of halogens is 5. The second-order valence-electron chi connectivity index (χ2n) is 6.06. The first-order chi connectivity index (χ1) is 14.0. The molecule has 3 rings (SSSR count). The minimum Gasteiger partial charge on any atom is -0.323 e. The van der Waals surface area contributed by atoms with Crippen LogP contribution >= 0.6 is 23.4 Å². The van der Waals surface area contributed by atoms with Gasteiger partial charge in [0.2, 0.25) is 5.91 Å². The number of hydrogen-bond acceptors (Lipinski definition) is 4. The van der Waals surface area contributed by atoms with Gasteiger partial charge in [-0.15, -0.1) is 0 Å². The first kappa shape index (κ1) is 21.8. The van der Waals surface area contributed by atoms with Crippen LogP contribution in [0.25, 0.3) is 6.08 Å². The normalized spacial score (nSPS) is 15.8. The van der Waals surface area contributed by atoms with Gasteiger partial charge in [-0.25, -0.2) is 4.39 Å². The molecule has 1 aliphatic heterocycles. The van der Waals surface area contributed by atoms with Crippen molar-refractivity contribution in [2.24, 2.45) is 0 Å². The fourth-order valence-electron chi connectivity index (χ4n) is 2.48. The van der Waals surface area contributed by atoms with Crippen LogP contribution in [0.1, 0.15) is 11.1 Å². The summed E-state index contributed by atoms with van der Waals surface area (Å²) in [6, 6.07) is 7.57. The Morgan fingerprint density at radius 3 is 2.43 bits per heavy atom. The summed E-state index contributed by atoms with van der Waals surface area (Å²) in [4.78, 5) is 37.4. The number of amides is 3. The maximum absolute atomic E-state index is 13.0. The number of hydrogen-bond donors (Lipinski definition) is 1. The lowest BCUT2D eigenvalue weighted by atomic mass is 10.2. The number of thioether (sulfide) groups is 1. The van der Waals surface area contributed by atoms with E-state index in [1.54, 1.807) is 0 Å². The molecule has 0 unspecified atom stereocenters. The van der Waals surface area contributed by atoms with Gasteiger partial charge in [0.25, 0.3) is 11.1 Å². The molecule has 0 radical (unpaired) electrons. The second-order valence-corrected chi connectivity index (χ2v) is 7.46. The Kier molecular flexibility index (Phi) is 6.18. The fourth-order valence-corrected chi connectivity index (χ4v) is 3.48. The lowest BCUT2D eigenvalue weighted by Crippen LogP contribution is -2.36. The number of alkyl halides is 3. The van der Waals surface area contributed by atoms with Crippen LogP contribution < -0.4 is 5.32 Å². The Labute approximate surface area is 176 Å². The molecular weight excluding hydrogens is 448 g/mol. The van der Waals surface area contributed by atoms with Crippen LogP contribution in [0.4, 0.5) is 28.0 Å². The number of carbonyl (C=O) groups excluding carboxylic acids is 3. The zero-order chi connectivity index (χ0) is 22.1. The van der Waals surface area contributed by atoms with E-state index in [-0.39, 0.29) is 15.6 Å². The quantitative estimate of drug-likeness (QED) is 0.507. The highest BCUT2D eigenvalue weighted by atomic mass is 35.5. The van der Waals surface area contributed by atoms with Crippen molar-refractivity contribution >= 4 is 52.2 Å². The van der Waals surface area contributed by atoms with E-state index in [2.05, 4.69) is 5.32 Å². The summed E-state index contributed by atoms with van der Waals surface area (Å²) >= 11 is 6.41. The predicted octanol–water partition coefficient (Wildman–Crippen LogP) is 5.17. The van der Waals surface area contributed by atoms with Gasteiger partial charge in [-0.05, 0) is 53.7 Å². The lowest BCUT2D eigenvalue weighted by Gasteiger charge is -2.14. The van der Waals surface area contributed by atoms with E-state index in [4.69, 9.17) is 11.6 Å². The number of rotatable bonds is 4. The molecule has 1 heterocycles. The summed E-state index contributed by atoms with van der Waals surface area (Å²) in [5.41, 5.74) is -0.844. The van der Waals surface area contributed by atoms with Crippen LogP contribution in [-0.2, 0) is 15.8 Å². The lowest BCUT2D eigenvalue weighted by molar-refractivity contribution is -0.137. The second kappa shape index (κ2) is 8.49. The molecular formula is C19H11ClF4N2O3S. The summed E-state index contributed by atoms with van der Waals surface area (Å²) in [6.07, 6.45) is -3.27. The largest absolute Gasteiger partial charge is 0.416 e. The van der Waals surface area contributed by atoms with E-state index in [0.29, 0.717) is 28.3 Å². The van der Waals surface area contributed by atoms with E-state index >= 15 is 0 Å². The highest BCUT2D eigenvalue weighted by molar-refractivity contribution is 8.18. The van der Waals surface area contributed by atoms with E-state index < -0.39 is 41.2 Å².